The van der Waals surface area contributed by atoms with Gasteiger partial charge in [0.15, 0.2) is 9.84 Å². The molecule has 1 atom stereocenters. The fraction of sp³-hybridized carbons (Fsp3) is 0.500. The molecule has 1 aliphatic rings. The number of sulfonamides is 1. The Kier molecular flexibility index (Phi) is 5.90. The summed E-state index contributed by atoms with van der Waals surface area (Å²) < 4.78 is 47.9. The molecule has 0 bridgehead atoms. The number of amides is 1. The molecule has 134 valence electrons. The van der Waals surface area contributed by atoms with Crippen molar-refractivity contribution in [3.05, 3.63) is 34.9 Å². The number of carbonyl (C=O) groups is 1. The quantitative estimate of drug-likeness (QED) is 0.752. The number of benzene rings is 1. The van der Waals surface area contributed by atoms with Crippen molar-refractivity contribution in [1.82, 2.24) is 9.62 Å². The number of nitrogens with zero attached hydrogens (tertiary/aromatic N) is 1. The molecule has 1 heterocycles. The molecule has 0 radical (unpaired) electrons. The zero-order chi connectivity index (χ0) is 18.0. The number of hydrogen-bond acceptors (Lipinski definition) is 5. The summed E-state index contributed by atoms with van der Waals surface area (Å²) in [5.74, 6) is -0.791. The Hall–Kier alpha value is -1.16. The highest BCUT2D eigenvalue weighted by molar-refractivity contribution is 7.92. The highest BCUT2D eigenvalue weighted by atomic mass is 35.5. The maximum absolute atomic E-state index is 12.1. The molecule has 1 aromatic rings. The van der Waals surface area contributed by atoms with E-state index in [-0.39, 0.29) is 24.5 Å². The Morgan fingerprint density at radius 1 is 1.33 bits per heavy atom. The van der Waals surface area contributed by atoms with Crippen LogP contribution in [0.2, 0.25) is 5.02 Å². The van der Waals surface area contributed by atoms with E-state index in [0.717, 1.165) is 16.1 Å². The van der Waals surface area contributed by atoms with Gasteiger partial charge in [0.1, 0.15) is 0 Å². The monoisotopic (exact) mass is 394 g/mol. The molecule has 1 unspecified atom stereocenters. The van der Waals surface area contributed by atoms with Crippen molar-refractivity contribution in [2.75, 3.05) is 24.3 Å². The third kappa shape index (κ3) is 5.44. The van der Waals surface area contributed by atoms with Crippen LogP contribution in [-0.2, 0) is 31.2 Å². The van der Waals surface area contributed by atoms with Crippen molar-refractivity contribution in [3.8, 4) is 0 Å². The molecule has 1 fully saturated rings. The van der Waals surface area contributed by atoms with Gasteiger partial charge in [0.05, 0.1) is 24.3 Å². The molecule has 24 heavy (non-hydrogen) atoms. The average molecular weight is 395 g/mol. The van der Waals surface area contributed by atoms with Gasteiger partial charge in [-0.05, 0) is 24.1 Å². The van der Waals surface area contributed by atoms with Crippen LogP contribution < -0.4 is 5.32 Å². The minimum absolute atomic E-state index is 0.0594. The van der Waals surface area contributed by atoms with E-state index < -0.39 is 38.4 Å². The van der Waals surface area contributed by atoms with Crippen molar-refractivity contribution in [1.29, 1.82) is 0 Å². The number of carbonyl (C=O) groups excluding carboxylic acids is 1. The number of halogens is 1. The SMILES string of the molecule is CS(=O)(=O)N(CC(=O)NCc1ccc(Cl)cc1)C1CCS(=O)(=O)C1. The highest BCUT2D eigenvalue weighted by Gasteiger charge is 2.37. The average Bonchev–Trinajstić information content (AvgIpc) is 2.82. The van der Waals surface area contributed by atoms with Gasteiger partial charge in [-0.1, -0.05) is 23.7 Å². The second kappa shape index (κ2) is 7.38. The molecule has 0 aliphatic carbocycles. The molecule has 2 rings (SSSR count). The van der Waals surface area contributed by atoms with Gasteiger partial charge in [0.2, 0.25) is 15.9 Å². The van der Waals surface area contributed by atoms with E-state index in [4.69, 9.17) is 11.6 Å². The number of sulfone groups is 1. The molecule has 0 aromatic heterocycles. The summed E-state index contributed by atoms with van der Waals surface area (Å²) in [6.07, 6.45) is 1.18. The van der Waals surface area contributed by atoms with Gasteiger partial charge in [-0.2, -0.15) is 4.31 Å². The maximum atomic E-state index is 12.1. The fourth-order valence-corrected chi connectivity index (χ4v) is 5.54. The Bertz CT molecular complexity index is 806. The molecule has 1 saturated heterocycles. The summed E-state index contributed by atoms with van der Waals surface area (Å²) in [6, 6.07) is 6.19. The number of rotatable bonds is 6. The molecule has 1 N–H and O–H groups in total. The molecule has 0 spiro atoms. The number of nitrogens with one attached hydrogen (secondary N) is 1. The summed E-state index contributed by atoms with van der Waals surface area (Å²) in [4.78, 5) is 12.1. The Balaban J connectivity index is 1.99. The van der Waals surface area contributed by atoms with E-state index >= 15 is 0 Å². The minimum atomic E-state index is -3.69. The van der Waals surface area contributed by atoms with E-state index in [1.54, 1.807) is 24.3 Å². The molecular weight excluding hydrogens is 376 g/mol. The van der Waals surface area contributed by atoms with Crippen molar-refractivity contribution >= 4 is 37.4 Å². The summed E-state index contributed by atoms with van der Waals surface area (Å²) in [6.45, 7) is -0.164. The Labute approximate surface area is 147 Å². The lowest BCUT2D eigenvalue weighted by Crippen LogP contribution is -2.46. The van der Waals surface area contributed by atoms with Gasteiger partial charge >= 0.3 is 0 Å². The summed E-state index contributed by atoms with van der Waals surface area (Å²) in [5, 5.41) is 3.21. The van der Waals surface area contributed by atoms with Crippen molar-refractivity contribution in [2.24, 2.45) is 0 Å². The van der Waals surface area contributed by atoms with E-state index in [0.29, 0.717) is 5.02 Å². The third-order valence-corrected chi connectivity index (χ3v) is 7.03. The minimum Gasteiger partial charge on any atom is -0.351 e. The topological polar surface area (TPSA) is 101 Å². The predicted octanol–water partition coefficient (Wildman–Crippen LogP) is 0.405. The van der Waals surface area contributed by atoms with Crippen LogP contribution in [0.25, 0.3) is 0 Å². The molecule has 1 amide bonds. The van der Waals surface area contributed by atoms with Crippen molar-refractivity contribution in [3.63, 3.8) is 0 Å². The van der Waals surface area contributed by atoms with Crippen LogP contribution in [0.5, 0.6) is 0 Å². The van der Waals surface area contributed by atoms with E-state index in [1.807, 2.05) is 0 Å². The van der Waals surface area contributed by atoms with E-state index in [2.05, 4.69) is 5.32 Å². The maximum Gasteiger partial charge on any atom is 0.235 e. The normalized spacial score (nSPS) is 20.2. The first-order valence-corrected chi connectivity index (χ1v) is 11.3. The Morgan fingerprint density at radius 2 is 1.96 bits per heavy atom. The van der Waals surface area contributed by atoms with Gasteiger partial charge in [0, 0.05) is 17.6 Å². The van der Waals surface area contributed by atoms with Crippen LogP contribution in [0.4, 0.5) is 0 Å². The third-order valence-electron chi connectivity index (χ3n) is 3.74. The first-order chi connectivity index (χ1) is 11.1. The molecule has 1 aliphatic heterocycles. The standard InChI is InChI=1S/C14H19ClN2O5S2/c1-23(19,20)17(13-6-7-24(21,22)10-13)9-14(18)16-8-11-2-4-12(15)5-3-11/h2-5,13H,6-10H2,1H3,(H,16,18). The van der Waals surface area contributed by atoms with Crippen molar-refractivity contribution in [2.45, 2.75) is 19.0 Å². The molecule has 0 saturated carbocycles. The van der Waals surface area contributed by atoms with Gasteiger partial charge in [-0.15, -0.1) is 0 Å². The second-order valence-corrected chi connectivity index (χ2v) is 10.4. The van der Waals surface area contributed by atoms with Crippen LogP contribution in [0, 0.1) is 0 Å². The van der Waals surface area contributed by atoms with Gasteiger partial charge in [0.25, 0.3) is 0 Å². The van der Waals surface area contributed by atoms with E-state index in [9.17, 15) is 21.6 Å². The highest BCUT2D eigenvalue weighted by Crippen LogP contribution is 2.20. The molecule has 7 nitrogen and oxygen atoms in total. The summed E-state index contributed by atoms with van der Waals surface area (Å²) in [5.41, 5.74) is 0.821. The first kappa shape index (κ1) is 19.2. The zero-order valence-electron chi connectivity index (χ0n) is 13.1. The fourth-order valence-electron chi connectivity index (χ4n) is 2.52. The van der Waals surface area contributed by atoms with Crippen LogP contribution in [-0.4, -0.2) is 57.4 Å². The lowest BCUT2D eigenvalue weighted by molar-refractivity contribution is -0.121. The van der Waals surface area contributed by atoms with Gasteiger partial charge in [-0.25, -0.2) is 16.8 Å². The molecular formula is C14H19ClN2O5S2. The van der Waals surface area contributed by atoms with Gasteiger partial charge < -0.3 is 5.32 Å². The largest absolute Gasteiger partial charge is 0.351 e. The lowest BCUT2D eigenvalue weighted by Gasteiger charge is -2.24. The summed E-state index contributed by atoms with van der Waals surface area (Å²) in [7, 11) is -6.94. The smallest absolute Gasteiger partial charge is 0.235 e. The summed E-state index contributed by atoms with van der Waals surface area (Å²) >= 11 is 5.78. The van der Waals surface area contributed by atoms with Crippen LogP contribution in [0.1, 0.15) is 12.0 Å². The number of hydrogen-bond donors (Lipinski definition) is 1. The second-order valence-electron chi connectivity index (χ2n) is 5.77. The van der Waals surface area contributed by atoms with Crippen molar-refractivity contribution < 1.29 is 21.6 Å². The van der Waals surface area contributed by atoms with Crippen LogP contribution in [0.15, 0.2) is 24.3 Å². The van der Waals surface area contributed by atoms with Crippen LogP contribution >= 0.6 is 11.6 Å². The van der Waals surface area contributed by atoms with Gasteiger partial charge in [-0.3, -0.25) is 4.79 Å². The Morgan fingerprint density at radius 3 is 2.46 bits per heavy atom. The van der Waals surface area contributed by atoms with Crippen LogP contribution in [0.3, 0.4) is 0 Å². The lowest BCUT2D eigenvalue weighted by atomic mass is 10.2. The predicted molar refractivity (Wildman–Crippen MR) is 91.9 cm³/mol. The molecule has 1 aromatic carbocycles. The molecule has 10 heteroatoms. The first-order valence-electron chi connectivity index (χ1n) is 7.25. The zero-order valence-corrected chi connectivity index (χ0v) is 15.5. The van der Waals surface area contributed by atoms with E-state index in [1.165, 1.54) is 0 Å².